The van der Waals surface area contributed by atoms with Gasteiger partial charge in [0.25, 0.3) is 0 Å². The lowest BCUT2D eigenvalue weighted by Gasteiger charge is -2.15. The quantitative estimate of drug-likeness (QED) is 0.625. The van der Waals surface area contributed by atoms with Gasteiger partial charge in [0.05, 0.1) is 12.2 Å². The van der Waals surface area contributed by atoms with E-state index in [2.05, 4.69) is 0 Å². The minimum absolute atomic E-state index is 0.121. The van der Waals surface area contributed by atoms with Crippen LogP contribution in [-0.2, 0) is 4.79 Å². The van der Waals surface area contributed by atoms with Crippen molar-refractivity contribution in [1.82, 2.24) is 9.80 Å². The van der Waals surface area contributed by atoms with Crippen molar-refractivity contribution in [1.29, 1.82) is 0 Å². The smallest absolute Gasteiger partial charge is 0.222 e. The Hall–Kier alpha value is -0.650. The normalized spacial score (nSPS) is 26.9. The maximum Gasteiger partial charge on any atom is 0.222 e. The molecule has 1 fully saturated rings. The lowest BCUT2D eigenvalue weighted by atomic mass is 10.2. The molecule has 0 aromatic rings. The number of likely N-dealkylation sites (tertiary alicyclic amines) is 1. The van der Waals surface area contributed by atoms with Crippen LogP contribution in [0.5, 0.6) is 0 Å². The van der Waals surface area contributed by atoms with Crippen LogP contribution in [0.2, 0.25) is 0 Å². The molecule has 0 bridgehead atoms. The second kappa shape index (κ2) is 5.44. The van der Waals surface area contributed by atoms with Crippen molar-refractivity contribution in [2.75, 3.05) is 33.7 Å². The van der Waals surface area contributed by atoms with Crippen LogP contribution >= 0.6 is 0 Å². The van der Waals surface area contributed by atoms with Crippen molar-refractivity contribution in [3.63, 3.8) is 0 Å². The fraction of sp³-hybridized carbons (Fsp3) is 0.900. The Morgan fingerprint density at radius 2 is 1.87 bits per heavy atom. The summed E-state index contributed by atoms with van der Waals surface area (Å²) in [6.45, 7) is 1.78. The number of rotatable bonds is 4. The third kappa shape index (κ3) is 3.77. The van der Waals surface area contributed by atoms with Gasteiger partial charge in [-0.3, -0.25) is 9.69 Å². The van der Waals surface area contributed by atoms with E-state index in [0.29, 0.717) is 19.5 Å². The number of amides is 1. The summed E-state index contributed by atoms with van der Waals surface area (Å²) in [5.74, 6) is 0.121. The van der Waals surface area contributed by atoms with E-state index >= 15 is 0 Å². The van der Waals surface area contributed by atoms with Crippen molar-refractivity contribution < 1.29 is 15.0 Å². The molecule has 0 aromatic carbocycles. The molecule has 1 aliphatic heterocycles. The Morgan fingerprint density at radius 3 is 2.33 bits per heavy atom. The van der Waals surface area contributed by atoms with E-state index in [-0.39, 0.29) is 5.91 Å². The molecule has 1 amide bonds. The SMILES string of the molecule is CN(C)C(=O)CCCN1C[C@@H](O)[C@@H](O)C1. The highest BCUT2D eigenvalue weighted by Crippen LogP contribution is 2.10. The monoisotopic (exact) mass is 216 g/mol. The largest absolute Gasteiger partial charge is 0.389 e. The molecule has 88 valence electrons. The molecule has 0 radical (unpaired) electrons. The third-order valence-electron chi connectivity index (χ3n) is 2.70. The minimum atomic E-state index is -0.630. The number of hydrogen-bond acceptors (Lipinski definition) is 4. The summed E-state index contributed by atoms with van der Waals surface area (Å²) in [6.07, 6.45) is 0.0377. The van der Waals surface area contributed by atoms with Gasteiger partial charge in [-0.15, -0.1) is 0 Å². The number of carbonyl (C=O) groups excluding carboxylic acids is 1. The van der Waals surface area contributed by atoms with E-state index < -0.39 is 12.2 Å². The number of aliphatic hydroxyl groups is 2. The number of β-amino-alcohol motifs (C(OH)–C–C–N with tert-alkyl or cyclic N) is 2. The molecule has 0 saturated carbocycles. The summed E-state index contributed by atoms with van der Waals surface area (Å²) >= 11 is 0. The second-order valence-corrected chi connectivity index (χ2v) is 4.29. The van der Waals surface area contributed by atoms with E-state index in [0.717, 1.165) is 13.0 Å². The Labute approximate surface area is 90.3 Å². The first-order chi connectivity index (χ1) is 7.00. The molecular weight excluding hydrogens is 196 g/mol. The molecule has 0 unspecified atom stereocenters. The van der Waals surface area contributed by atoms with E-state index in [1.54, 1.807) is 19.0 Å². The molecule has 15 heavy (non-hydrogen) atoms. The molecule has 1 aliphatic rings. The van der Waals surface area contributed by atoms with Gasteiger partial charge in [-0.1, -0.05) is 0 Å². The van der Waals surface area contributed by atoms with E-state index in [4.69, 9.17) is 0 Å². The molecule has 1 rings (SSSR count). The number of carbonyl (C=O) groups is 1. The Morgan fingerprint density at radius 1 is 1.33 bits per heavy atom. The van der Waals surface area contributed by atoms with Gasteiger partial charge in [0.15, 0.2) is 0 Å². The number of nitrogens with zero attached hydrogens (tertiary/aromatic N) is 2. The molecule has 5 nitrogen and oxygen atoms in total. The summed E-state index contributed by atoms with van der Waals surface area (Å²) < 4.78 is 0. The summed E-state index contributed by atoms with van der Waals surface area (Å²) in [7, 11) is 3.48. The van der Waals surface area contributed by atoms with Gasteiger partial charge in [0.1, 0.15) is 0 Å². The van der Waals surface area contributed by atoms with Crippen LogP contribution in [-0.4, -0.2) is 71.9 Å². The molecule has 1 saturated heterocycles. The average Bonchev–Trinajstić information content (AvgIpc) is 2.46. The topological polar surface area (TPSA) is 64.0 Å². The van der Waals surface area contributed by atoms with Gasteiger partial charge in [-0.05, 0) is 13.0 Å². The van der Waals surface area contributed by atoms with Crippen molar-refractivity contribution in [2.24, 2.45) is 0 Å². The fourth-order valence-corrected chi connectivity index (χ4v) is 1.71. The van der Waals surface area contributed by atoms with E-state index in [9.17, 15) is 15.0 Å². The lowest BCUT2D eigenvalue weighted by Crippen LogP contribution is -2.26. The van der Waals surface area contributed by atoms with Crippen molar-refractivity contribution >= 4 is 5.91 Å². The molecule has 1 heterocycles. The number of hydrogen-bond donors (Lipinski definition) is 2. The van der Waals surface area contributed by atoms with Crippen LogP contribution in [0, 0.1) is 0 Å². The highest BCUT2D eigenvalue weighted by Gasteiger charge is 2.28. The zero-order valence-corrected chi connectivity index (χ0v) is 9.39. The first kappa shape index (κ1) is 12.4. The van der Waals surface area contributed by atoms with Crippen molar-refractivity contribution in [2.45, 2.75) is 25.0 Å². The van der Waals surface area contributed by atoms with Gasteiger partial charge in [0, 0.05) is 33.6 Å². The Kier molecular flexibility index (Phi) is 4.50. The van der Waals surface area contributed by atoms with Gasteiger partial charge in [-0.25, -0.2) is 0 Å². The maximum absolute atomic E-state index is 11.3. The molecule has 2 N–H and O–H groups in total. The van der Waals surface area contributed by atoms with Crippen LogP contribution in [0.15, 0.2) is 0 Å². The lowest BCUT2D eigenvalue weighted by molar-refractivity contribution is -0.128. The number of aliphatic hydroxyl groups excluding tert-OH is 2. The zero-order valence-electron chi connectivity index (χ0n) is 9.39. The molecule has 0 aliphatic carbocycles. The molecule has 5 heteroatoms. The van der Waals surface area contributed by atoms with E-state index in [1.807, 2.05) is 4.90 Å². The second-order valence-electron chi connectivity index (χ2n) is 4.29. The van der Waals surface area contributed by atoms with Gasteiger partial charge >= 0.3 is 0 Å². The van der Waals surface area contributed by atoms with Gasteiger partial charge in [-0.2, -0.15) is 0 Å². The first-order valence-electron chi connectivity index (χ1n) is 5.29. The molecule has 2 atom stereocenters. The van der Waals surface area contributed by atoms with Gasteiger partial charge in [0.2, 0.25) is 5.91 Å². The van der Waals surface area contributed by atoms with Crippen LogP contribution in [0.1, 0.15) is 12.8 Å². The first-order valence-corrected chi connectivity index (χ1v) is 5.29. The predicted octanol–water partition coefficient (Wildman–Crippen LogP) is -1.11. The molecule has 0 spiro atoms. The predicted molar refractivity (Wildman–Crippen MR) is 56.4 cm³/mol. The fourth-order valence-electron chi connectivity index (χ4n) is 1.71. The summed E-state index contributed by atoms with van der Waals surface area (Å²) in [4.78, 5) is 14.8. The average molecular weight is 216 g/mol. The van der Waals surface area contributed by atoms with Crippen molar-refractivity contribution in [3.8, 4) is 0 Å². The molecular formula is C10H20N2O3. The minimum Gasteiger partial charge on any atom is -0.389 e. The highest BCUT2D eigenvalue weighted by atomic mass is 16.3. The van der Waals surface area contributed by atoms with Crippen LogP contribution in [0.4, 0.5) is 0 Å². The van der Waals surface area contributed by atoms with Crippen LogP contribution < -0.4 is 0 Å². The maximum atomic E-state index is 11.3. The summed E-state index contributed by atoms with van der Waals surface area (Å²) in [5.41, 5.74) is 0. The summed E-state index contributed by atoms with van der Waals surface area (Å²) in [5, 5.41) is 18.6. The van der Waals surface area contributed by atoms with Gasteiger partial charge < -0.3 is 15.1 Å². The van der Waals surface area contributed by atoms with Crippen LogP contribution in [0.3, 0.4) is 0 Å². The Balaban J connectivity index is 2.14. The molecule has 0 aromatic heterocycles. The van der Waals surface area contributed by atoms with E-state index in [1.165, 1.54) is 0 Å². The standard InChI is InChI=1S/C10H20N2O3/c1-11(2)10(15)4-3-5-12-6-8(13)9(14)7-12/h8-9,13-14H,3-7H2,1-2H3/t8-,9+. The third-order valence-corrected chi connectivity index (χ3v) is 2.70. The highest BCUT2D eigenvalue weighted by molar-refractivity contribution is 5.75. The zero-order chi connectivity index (χ0) is 11.4. The van der Waals surface area contributed by atoms with Crippen LogP contribution in [0.25, 0.3) is 0 Å². The Bertz CT molecular complexity index is 211. The van der Waals surface area contributed by atoms with Crippen molar-refractivity contribution in [3.05, 3.63) is 0 Å². The summed E-state index contributed by atoms with van der Waals surface area (Å²) in [6, 6.07) is 0.